The van der Waals surface area contributed by atoms with Gasteiger partial charge in [-0.25, -0.2) is 4.39 Å². The lowest BCUT2D eigenvalue weighted by Gasteiger charge is -2.45. The quantitative estimate of drug-likeness (QED) is 0.744. The summed E-state index contributed by atoms with van der Waals surface area (Å²) < 4.78 is 13.3. The Morgan fingerprint density at radius 3 is 2.36 bits per heavy atom. The molecule has 5 heteroatoms. The molecule has 0 radical (unpaired) electrons. The first-order chi connectivity index (χ1) is 13.4. The van der Waals surface area contributed by atoms with Gasteiger partial charge in [-0.1, -0.05) is 20.1 Å². The lowest BCUT2D eigenvalue weighted by atomic mass is 9.95. The van der Waals surface area contributed by atoms with E-state index in [0.29, 0.717) is 6.04 Å². The van der Waals surface area contributed by atoms with Crippen molar-refractivity contribution in [2.45, 2.75) is 58.0 Å². The number of allylic oxidation sites excluding steroid dienone is 1. The predicted octanol–water partition coefficient (Wildman–Crippen LogP) is 4.54. The van der Waals surface area contributed by atoms with Crippen molar-refractivity contribution >= 4 is 11.6 Å². The second-order valence-electron chi connectivity index (χ2n) is 7.92. The lowest BCUT2D eigenvalue weighted by Crippen LogP contribution is -2.51. The molecule has 0 N–H and O–H groups in total. The molecule has 0 spiro atoms. The summed E-state index contributed by atoms with van der Waals surface area (Å²) in [5.41, 5.74) is 3.10. The molecular formula is C23H32FN3O. The van der Waals surface area contributed by atoms with E-state index >= 15 is 0 Å². The maximum Gasteiger partial charge on any atom is 0.224 e. The third-order valence-corrected chi connectivity index (χ3v) is 6.15. The molecule has 3 rings (SSSR count). The fraction of sp³-hybridized carbons (Fsp3) is 0.522. The first-order valence-corrected chi connectivity index (χ1v) is 10.3. The van der Waals surface area contributed by atoms with Gasteiger partial charge in [0.2, 0.25) is 5.91 Å². The number of hydrogen-bond donors (Lipinski definition) is 0. The molecule has 2 aliphatic heterocycles. The van der Waals surface area contributed by atoms with E-state index in [1.807, 2.05) is 4.90 Å². The van der Waals surface area contributed by atoms with Gasteiger partial charge in [-0.15, -0.1) is 0 Å². The first-order valence-electron chi connectivity index (χ1n) is 10.3. The predicted molar refractivity (Wildman–Crippen MR) is 112 cm³/mol. The van der Waals surface area contributed by atoms with Crippen molar-refractivity contribution in [1.29, 1.82) is 0 Å². The Kier molecular flexibility index (Phi) is 6.55. The smallest absolute Gasteiger partial charge is 0.224 e. The number of carbonyl (C=O) groups excluding carboxylic acids is 1. The van der Waals surface area contributed by atoms with E-state index in [1.54, 1.807) is 19.1 Å². The first kappa shape index (κ1) is 20.6. The molecule has 2 fully saturated rings. The lowest BCUT2D eigenvalue weighted by molar-refractivity contribution is -0.117. The van der Waals surface area contributed by atoms with Crippen LogP contribution in [0.2, 0.25) is 0 Å². The Balaban J connectivity index is 1.59. The number of hydrogen-bond acceptors (Lipinski definition) is 3. The monoisotopic (exact) mass is 385 g/mol. The molecule has 0 aromatic heterocycles. The van der Waals surface area contributed by atoms with Crippen LogP contribution in [0.15, 0.2) is 48.8 Å². The zero-order valence-electron chi connectivity index (χ0n) is 17.2. The highest BCUT2D eigenvalue weighted by Gasteiger charge is 2.32. The molecule has 1 amide bonds. The highest BCUT2D eigenvalue weighted by molar-refractivity contribution is 5.92. The maximum absolute atomic E-state index is 13.3. The number of benzene rings is 1. The van der Waals surface area contributed by atoms with Gasteiger partial charge in [-0.2, -0.15) is 0 Å². The van der Waals surface area contributed by atoms with Gasteiger partial charge in [-0.05, 0) is 49.9 Å². The summed E-state index contributed by atoms with van der Waals surface area (Å²) >= 11 is 0. The third kappa shape index (κ3) is 4.46. The molecule has 2 saturated heterocycles. The standard InChI is InChI=1S/C23H32FN3O/c1-5-17(2)26-15-12-23(16-18(26)3)25-13-10-22(11-14-25)27(19(4)28)21-8-6-20(24)7-9-21/h6-9,22-23H,2-3,5,10-16H2,1,4H3. The third-order valence-electron chi connectivity index (χ3n) is 6.15. The van der Waals surface area contributed by atoms with E-state index in [2.05, 4.69) is 29.9 Å². The van der Waals surface area contributed by atoms with E-state index in [0.717, 1.165) is 63.1 Å². The number of halogens is 1. The molecular weight excluding hydrogens is 353 g/mol. The fourth-order valence-electron chi connectivity index (χ4n) is 4.57. The van der Waals surface area contributed by atoms with Gasteiger partial charge in [0.05, 0.1) is 0 Å². The minimum absolute atomic E-state index is 0.0184. The normalized spacial score (nSPS) is 21.6. The van der Waals surface area contributed by atoms with Crippen LogP contribution in [-0.4, -0.2) is 47.4 Å². The SMILES string of the molecule is C=C(CC)N1CCC(N2CCC(N(C(C)=O)c3ccc(F)cc3)CC2)CC1=C. The van der Waals surface area contributed by atoms with Crippen molar-refractivity contribution in [1.82, 2.24) is 9.80 Å². The highest BCUT2D eigenvalue weighted by Crippen LogP contribution is 2.31. The van der Waals surface area contributed by atoms with Crippen molar-refractivity contribution in [2.75, 3.05) is 24.5 Å². The van der Waals surface area contributed by atoms with Gasteiger partial charge in [0, 0.05) is 62.1 Å². The molecule has 2 aliphatic rings. The summed E-state index contributed by atoms with van der Waals surface area (Å²) in [6.45, 7) is 15.1. The molecule has 1 atom stereocenters. The summed E-state index contributed by atoms with van der Waals surface area (Å²) in [7, 11) is 0. The number of carbonyl (C=O) groups is 1. The molecule has 1 unspecified atom stereocenters. The number of piperidine rings is 2. The van der Waals surface area contributed by atoms with Crippen LogP contribution >= 0.6 is 0 Å². The van der Waals surface area contributed by atoms with Crippen molar-refractivity contribution < 1.29 is 9.18 Å². The van der Waals surface area contributed by atoms with Crippen molar-refractivity contribution in [3.63, 3.8) is 0 Å². The van der Waals surface area contributed by atoms with Gasteiger partial charge < -0.3 is 9.80 Å². The van der Waals surface area contributed by atoms with E-state index < -0.39 is 0 Å². The number of anilines is 1. The van der Waals surface area contributed by atoms with Crippen molar-refractivity contribution in [2.24, 2.45) is 0 Å². The Hall–Kier alpha value is -2.14. The average Bonchev–Trinajstić information content (AvgIpc) is 2.69. The second kappa shape index (κ2) is 8.91. The van der Waals surface area contributed by atoms with Crippen molar-refractivity contribution in [3.8, 4) is 0 Å². The molecule has 0 aliphatic carbocycles. The van der Waals surface area contributed by atoms with Gasteiger partial charge in [0.25, 0.3) is 0 Å². The molecule has 28 heavy (non-hydrogen) atoms. The Morgan fingerprint density at radius 1 is 1.18 bits per heavy atom. The minimum Gasteiger partial charge on any atom is -0.350 e. The van der Waals surface area contributed by atoms with E-state index in [-0.39, 0.29) is 17.8 Å². The maximum atomic E-state index is 13.3. The van der Waals surface area contributed by atoms with Crippen LogP contribution in [-0.2, 0) is 4.79 Å². The largest absolute Gasteiger partial charge is 0.350 e. The summed E-state index contributed by atoms with van der Waals surface area (Å²) in [6, 6.07) is 6.93. The van der Waals surface area contributed by atoms with Crippen LogP contribution in [0.4, 0.5) is 10.1 Å². The molecule has 0 saturated carbocycles. The molecule has 1 aromatic carbocycles. The molecule has 152 valence electrons. The molecule has 2 heterocycles. The molecule has 4 nitrogen and oxygen atoms in total. The number of likely N-dealkylation sites (tertiary alicyclic amines) is 2. The zero-order valence-corrected chi connectivity index (χ0v) is 17.2. The number of rotatable bonds is 5. The van der Waals surface area contributed by atoms with Crippen LogP contribution in [0, 0.1) is 5.82 Å². The molecule has 0 bridgehead atoms. The van der Waals surface area contributed by atoms with Gasteiger partial charge in [0.15, 0.2) is 0 Å². The van der Waals surface area contributed by atoms with E-state index in [9.17, 15) is 9.18 Å². The van der Waals surface area contributed by atoms with Crippen molar-refractivity contribution in [3.05, 3.63) is 54.6 Å². The fourth-order valence-corrected chi connectivity index (χ4v) is 4.57. The zero-order chi connectivity index (χ0) is 20.3. The topological polar surface area (TPSA) is 26.8 Å². The van der Waals surface area contributed by atoms with Crippen LogP contribution < -0.4 is 4.90 Å². The summed E-state index contributed by atoms with van der Waals surface area (Å²) in [4.78, 5) is 18.9. The van der Waals surface area contributed by atoms with Gasteiger partial charge in [-0.3, -0.25) is 9.69 Å². The Morgan fingerprint density at radius 2 is 1.82 bits per heavy atom. The summed E-state index contributed by atoms with van der Waals surface area (Å²) in [5, 5.41) is 0. The number of nitrogens with zero attached hydrogens (tertiary/aromatic N) is 3. The highest BCUT2D eigenvalue weighted by atomic mass is 19.1. The molecule has 1 aromatic rings. The Bertz CT molecular complexity index is 722. The second-order valence-corrected chi connectivity index (χ2v) is 7.92. The van der Waals surface area contributed by atoms with E-state index in [1.165, 1.54) is 17.8 Å². The van der Waals surface area contributed by atoms with Crippen LogP contribution in [0.25, 0.3) is 0 Å². The minimum atomic E-state index is -0.278. The number of amides is 1. The van der Waals surface area contributed by atoms with Crippen LogP contribution in [0.3, 0.4) is 0 Å². The van der Waals surface area contributed by atoms with Crippen LogP contribution in [0.1, 0.15) is 46.0 Å². The van der Waals surface area contributed by atoms with Crippen LogP contribution in [0.5, 0.6) is 0 Å². The van der Waals surface area contributed by atoms with E-state index in [4.69, 9.17) is 0 Å². The average molecular weight is 386 g/mol. The van der Waals surface area contributed by atoms with Gasteiger partial charge >= 0.3 is 0 Å². The Labute approximate surface area is 168 Å². The summed E-state index contributed by atoms with van der Waals surface area (Å²) in [6.07, 6.45) is 4.94. The van der Waals surface area contributed by atoms with Gasteiger partial charge in [0.1, 0.15) is 5.82 Å². The summed E-state index contributed by atoms with van der Waals surface area (Å²) in [5.74, 6) is -0.260.